The van der Waals surface area contributed by atoms with Crippen LogP contribution >= 0.6 is 27.7 Å². The monoisotopic (exact) mass is 350 g/mol. The smallest absolute Gasteiger partial charge is 0.243 e. The Morgan fingerprint density at radius 2 is 1.94 bits per heavy atom. The van der Waals surface area contributed by atoms with E-state index in [1.165, 1.54) is 6.07 Å². The van der Waals surface area contributed by atoms with Crippen LogP contribution in [0, 0.1) is 6.92 Å². The van der Waals surface area contributed by atoms with Crippen molar-refractivity contribution in [3.05, 3.63) is 22.2 Å². The highest BCUT2D eigenvalue weighted by atomic mass is 79.9. The van der Waals surface area contributed by atoms with E-state index < -0.39 is 10.0 Å². The summed E-state index contributed by atoms with van der Waals surface area (Å²) in [5.74, 6) is 1.70. The fraction of sp³-hybridized carbons (Fsp3) is 0.455. The van der Waals surface area contributed by atoms with Gasteiger partial charge in [-0.15, -0.1) is 0 Å². The second-order valence-electron chi connectivity index (χ2n) is 4.16. The Morgan fingerprint density at radius 1 is 1.33 bits per heavy atom. The van der Waals surface area contributed by atoms with E-state index >= 15 is 0 Å². The number of nitrogens with two attached hydrogens (primary N) is 1. The Labute approximate surface area is 120 Å². The lowest BCUT2D eigenvalue weighted by Crippen LogP contribution is -2.38. The number of nitrogen functional groups attached to an aromatic ring is 1. The molecule has 0 amide bonds. The van der Waals surface area contributed by atoms with Crippen LogP contribution in [0.5, 0.6) is 0 Å². The Morgan fingerprint density at radius 3 is 2.56 bits per heavy atom. The van der Waals surface area contributed by atoms with Crippen LogP contribution in [0.15, 0.2) is 21.5 Å². The second kappa shape index (κ2) is 5.40. The fourth-order valence-corrected chi connectivity index (χ4v) is 5.15. The number of benzene rings is 1. The van der Waals surface area contributed by atoms with Crippen LogP contribution in [0.2, 0.25) is 0 Å². The normalized spacial score (nSPS) is 17.9. The molecule has 0 saturated carbocycles. The average Bonchev–Trinajstić information content (AvgIpc) is 2.34. The number of halogens is 1. The van der Waals surface area contributed by atoms with Gasteiger partial charge in [-0.25, -0.2) is 8.42 Å². The van der Waals surface area contributed by atoms with Crippen LogP contribution in [0.1, 0.15) is 5.56 Å². The van der Waals surface area contributed by atoms with Gasteiger partial charge in [0.15, 0.2) is 0 Å². The Balaban J connectivity index is 2.43. The van der Waals surface area contributed by atoms with Crippen LogP contribution in [-0.4, -0.2) is 37.3 Å². The third-order valence-electron chi connectivity index (χ3n) is 2.88. The highest BCUT2D eigenvalue weighted by Crippen LogP contribution is 2.29. The van der Waals surface area contributed by atoms with E-state index in [2.05, 4.69) is 15.9 Å². The van der Waals surface area contributed by atoms with Gasteiger partial charge in [0.1, 0.15) is 0 Å². The summed E-state index contributed by atoms with van der Waals surface area (Å²) in [7, 11) is -3.41. The fourth-order valence-electron chi connectivity index (χ4n) is 1.87. The zero-order chi connectivity index (χ0) is 13.3. The van der Waals surface area contributed by atoms with Crippen molar-refractivity contribution in [1.29, 1.82) is 0 Å². The van der Waals surface area contributed by atoms with Gasteiger partial charge in [-0.2, -0.15) is 16.1 Å². The van der Waals surface area contributed by atoms with E-state index in [1.807, 2.05) is 0 Å². The van der Waals surface area contributed by atoms with E-state index in [1.54, 1.807) is 29.1 Å². The molecule has 1 heterocycles. The number of rotatable bonds is 2. The molecule has 0 radical (unpaired) electrons. The molecule has 1 aromatic carbocycles. The van der Waals surface area contributed by atoms with Crippen LogP contribution in [0.4, 0.5) is 5.69 Å². The van der Waals surface area contributed by atoms with E-state index in [0.29, 0.717) is 29.2 Å². The van der Waals surface area contributed by atoms with Crippen molar-refractivity contribution >= 4 is 43.4 Å². The summed E-state index contributed by atoms with van der Waals surface area (Å²) in [4.78, 5) is 0.315. The number of anilines is 1. The van der Waals surface area contributed by atoms with Crippen molar-refractivity contribution in [3.8, 4) is 0 Å². The molecule has 100 valence electrons. The Hall–Kier alpha value is -0.240. The predicted octanol–water partition coefficient (Wildman–Crippen LogP) is 2.08. The van der Waals surface area contributed by atoms with Gasteiger partial charge in [-0.3, -0.25) is 0 Å². The standard InChI is InChI=1S/C11H15BrN2O2S2/c1-8-6-9(12)10(13)7-11(8)18(15,16)14-2-4-17-5-3-14/h6-7H,2-5,13H2,1H3. The molecule has 4 nitrogen and oxygen atoms in total. The molecular weight excluding hydrogens is 336 g/mol. The molecule has 0 bridgehead atoms. The maximum atomic E-state index is 12.5. The van der Waals surface area contributed by atoms with Gasteiger partial charge < -0.3 is 5.73 Å². The lowest BCUT2D eigenvalue weighted by Gasteiger charge is -2.26. The first-order valence-electron chi connectivity index (χ1n) is 5.56. The van der Waals surface area contributed by atoms with Gasteiger partial charge in [0.2, 0.25) is 10.0 Å². The highest BCUT2D eigenvalue weighted by molar-refractivity contribution is 9.10. The zero-order valence-corrected chi connectivity index (χ0v) is 13.2. The molecular formula is C11H15BrN2O2S2. The minimum absolute atomic E-state index is 0.315. The van der Waals surface area contributed by atoms with Crippen LogP contribution < -0.4 is 5.73 Å². The highest BCUT2D eigenvalue weighted by Gasteiger charge is 2.27. The molecule has 1 aromatic rings. The van der Waals surface area contributed by atoms with Gasteiger partial charge in [-0.1, -0.05) is 0 Å². The van der Waals surface area contributed by atoms with Crippen molar-refractivity contribution in [1.82, 2.24) is 4.31 Å². The molecule has 0 spiro atoms. The molecule has 2 N–H and O–H groups in total. The van der Waals surface area contributed by atoms with Gasteiger partial charge in [-0.05, 0) is 40.5 Å². The number of sulfonamides is 1. The maximum absolute atomic E-state index is 12.5. The molecule has 1 aliphatic rings. The first kappa shape index (κ1) is 14.2. The molecule has 0 aliphatic carbocycles. The molecule has 0 unspecified atom stereocenters. The first-order chi connectivity index (χ1) is 8.43. The van der Waals surface area contributed by atoms with Crippen molar-refractivity contribution in [3.63, 3.8) is 0 Å². The van der Waals surface area contributed by atoms with Gasteiger partial charge >= 0.3 is 0 Å². The maximum Gasteiger partial charge on any atom is 0.243 e. The van der Waals surface area contributed by atoms with Gasteiger partial charge in [0, 0.05) is 34.8 Å². The summed E-state index contributed by atoms with van der Waals surface area (Å²) in [6, 6.07) is 3.29. The van der Waals surface area contributed by atoms with Crippen LogP contribution in [0.3, 0.4) is 0 Å². The quantitative estimate of drug-likeness (QED) is 0.829. The number of nitrogens with zero attached hydrogens (tertiary/aromatic N) is 1. The van der Waals surface area contributed by atoms with E-state index in [0.717, 1.165) is 16.0 Å². The van der Waals surface area contributed by atoms with E-state index in [-0.39, 0.29) is 0 Å². The van der Waals surface area contributed by atoms with Crippen molar-refractivity contribution in [2.75, 3.05) is 30.3 Å². The zero-order valence-electron chi connectivity index (χ0n) is 10.0. The summed E-state index contributed by atoms with van der Waals surface area (Å²) in [6.07, 6.45) is 0. The molecule has 0 atom stereocenters. The molecule has 2 rings (SSSR count). The predicted molar refractivity (Wildman–Crippen MR) is 79.4 cm³/mol. The lowest BCUT2D eigenvalue weighted by molar-refractivity contribution is 0.443. The van der Waals surface area contributed by atoms with E-state index in [9.17, 15) is 8.42 Å². The summed E-state index contributed by atoms with van der Waals surface area (Å²) in [5, 5.41) is 0. The van der Waals surface area contributed by atoms with Crippen LogP contribution in [-0.2, 0) is 10.0 Å². The molecule has 0 aromatic heterocycles. The van der Waals surface area contributed by atoms with Crippen molar-refractivity contribution in [2.45, 2.75) is 11.8 Å². The Kier molecular flexibility index (Phi) is 4.25. The van der Waals surface area contributed by atoms with E-state index in [4.69, 9.17) is 5.73 Å². The number of thioether (sulfide) groups is 1. The average molecular weight is 351 g/mol. The van der Waals surface area contributed by atoms with Gasteiger partial charge in [0.25, 0.3) is 0 Å². The SMILES string of the molecule is Cc1cc(Br)c(N)cc1S(=O)(=O)N1CCSCC1. The van der Waals surface area contributed by atoms with Crippen LogP contribution in [0.25, 0.3) is 0 Å². The lowest BCUT2D eigenvalue weighted by atomic mass is 10.2. The Bertz CT molecular complexity index is 554. The first-order valence-corrected chi connectivity index (χ1v) is 8.95. The summed E-state index contributed by atoms with van der Waals surface area (Å²) in [6.45, 7) is 2.93. The molecule has 1 aliphatic heterocycles. The molecule has 18 heavy (non-hydrogen) atoms. The molecule has 1 saturated heterocycles. The second-order valence-corrected chi connectivity index (χ2v) is 8.14. The largest absolute Gasteiger partial charge is 0.398 e. The minimum Gasteiger partial charge on any atom is -0.398 e. The molecule has 1 fully saturated rings. The molecule has 7 heteroatoms. The summed E-state index contributed by atoms with van der Waals surface area (Å²) in [5.41, 5.74) is 6.95. The number of hydrogen-bond acceptors (Lipinski definition) is 4. The van der Waals surface area contributed by atoms with Gasteiger partial charge in [0.05, 0.1) is 4.90 Å². The topological polar surface area (TPSA) is 63.4 Å². The van der Waals surface area contributed by atoms with Crippen molar-refractivity contribution < 1.29 is 8.42 Å². The summed E-state index contributed by atoms with van der Waals surface area (Å²) >= 11 is 5.09. The number of hydrogen-bond donors (Lipinski definition) is 1. The third-order valence-corrected chi connectivity index (χ3v) is 6.55. The number of aryl methyl sites for hydroxylation is 1. The summed E-state index contributed by atoms with van der Waals surface area (Å²) < 4.78 is 27.3. The third kappa shape index (κ3) is 2.68. The van der Waals surface area contributed by atoms with Crippen molar-refractivity contribution in [2.24, 2.45) is 0 Å². The minimum atomic E-state index is -3.41.